The highest BCUT2D eigenvalue weighted by atomic mass is 16.5. The van der Waals surface area contributed by atoms with Gasteiger partial charge in [0.2, 0.25) is 0 Å². The van der Waals surface area contributed by atoms with E-state index in [4.69, 9.17) is 10.5 Å². The Bertz CT molecular complexity index is 425. The number of nitrogens with two attached hydrogens (primary N) is 1. The van der Waals surface area contributed by atoms with Crippen LogP contribution < -0.4 is 11.1 Å². The van der Waals surface area contributed by atoms with E-state index < -0.39 is 0 Å². The molecule has 4 nitrogen and oxygen atoms in total. The summed E-state index contributed by atoms with van der Waals surface area (Å²) < 4.78 is 5.47. The van der Waals surface area contributed by atoms with Crippen molar-refractivity contribution in [3.05, 3.63) is 29.3 Å². The van der Waals surface area contributed by atoms with Gasteiger partial charge < -0.3 is 15.8 Å². The van der Waals surface area contributed by atoms with Crippen molar-refractivity contribution >= 4 is 11.6 Å². The fourth-order valence-corrected chi connectivity index (χ4v) is 2.36. The molecule has 0 spiro atoms. The van der Waals surface area contributed by atoms with E-state index in [9.17, 15) is 4.79 Å². The number of carbonyl (C=O) groups is 1. The molecule has 1 aliphatic rings. The summed E-state index contributed by atoms with van der Waals surface area (Å²) in [6.45, 7) is 5.38. The van der Waals surface area contributed by atoms with Crippen molar-refractivity contribution in [2.45, 2.75) is 26.4 Å². The minimum Gasteiger partial charge on any atom is -0.398 e. The first-order valence-electron chi connectivity index (χ1n) is 6.34. The molecule has 0 aliphatic carbocycles. The molecule has 1 aromatic rings. The van der Waals surface area contributed by atoms with Crippen LogP contribution in [0.2, 0.25) is 0 Å². The summed E-state index contributed by atoms with van der Waals surface area (Å²) in [6, 6.07) is 5.50. The third kappa shape index (κ3) is 2.64. The quantitative estimate of drug-likeness (QED) is 0.801. The number of hydrogen-bond acceptors (Lipinski definition) is 3. The molecule has 0 saturated carbocycles. The molecule has 1 heterocycles. The van der Waals surface area contributed by atoms with Crippen molar-refractivity contribution in [2.24, 2.45) is 5.92 Å². The molecule has 0 aromatic heterocycles. The molecule has 1 amide bonds. The monoisotopic (exact) mass is 248 g/mol. The largest absolute Gasteiger partial charge is 0.398 e. The van der Waals surface area contributed by atoms with Gasteiger partial charge in [0.1, 0.15) is 0 Å². The van der Waals surface area contributed by atoms with E-state index in [1.165, 1.54) is 0 Å². The van der Waals surface area contributed by atoms with Crippen LogP contribution in [-0.4, -0.2) is 25.2 Å². The van der Waals surface area contributed by atoms with E-state index in [0.717, 1.165) is 18.6 Å². The maximum atomic E-state index is 12.1. The van der Waals surface area contributed by atoms with Gasteiger partial charge in [-0.25, -0.2) is 0 Å². The number of rotatable bonds is 3. The van der Waals surface area contributed by atoms with Gasteiger partial charge in [-0.15, -0.1) is 0 Å². The molecule has 1 aliphatic heterocycles. The van der Waals surface area contributed by atoms with E-state index in [0.29, 0.717) is 23.7 Å². The van der Waals surface area contributed by atoms with Gasteiger partial charge in [-0.2, -0.15) is 0 Å². The van der Waals surface area contributed by atoms with Gasteiger partial charge in [-0.3, -0.25) is 4.79 Å². The van der Waals surface area contributed by atoms with Gasteiger partial charge in [0.05, 0.1) is 11.7 Å². The van der Waals surface area contributed by atoms with Crippen molar-refractivity contribution in [3.63, 3.8) is 0 Å². The summed E-state index contributed by atoms with van der Waals surface area (Å²) in [4.78, 5) is 12.1. The first-order chi connectivity index (χ1) is 8.59. The van der Waals surface area contributed by atoms with Crippen LogP contribution in [0, 0.1) is 12.8 Å². The Kier molecular flexibility index (Phi) is 3.87. The average molecular weight is 248 g/mol. The molecule has 2 unspecified atom stereocenters. The molecule has 4 heteroatoms. The Labute approximate surface area is 108 Å². The van der Waals surface area contributed by atoms with Crippen molar-refractivity contribution in [1.29, 1.82) is 0 Å². The van der Waals surface area contributed by atoms with E-state index >= 15 is 0 Å². The van der Waals surface area contributed by atoms with Crippen LogP contribution in [0.25, 0.3) is 0 Å². The Balaban J connectivity index is 1.99. The van der Waals surface area contributed by atoms with Crippen molar-refractivity contribution in [2.75, 3.05) is 18.9 Å². The van der Waals surface area contributed by atoms with Crippen LogP contribution >= 0.6 is 0 Å². The minimum absolute atomic E-state index is 0.0929. The zero-order valence-corrected chi connectivity index (χ0v) is 10.9. The minimum atomic E-state index is -0.0929. The first kappa shape index (κ1) is 12.9. The van der Waals surface area contributed by atoms with Crippen molar-refractivity contribution in [1.82, 2.24) is 5.32 Å². The number of ether oxygens (including phenoxy) is 1. The van der Waals surface area contributed by atoms with Crippen LogP contribution in [0.15, 0.2) is 18.2 Å². The van der Waals surface area contributed by atoms with Gasteiger partial charge in [0.15, 0.2) is 0 Å². The summed E-state index contributed by atoms with van der Waals surface area (Å²) in [5.74, 6) is 0.309. The Morgan fingerprint density at radius 3 is 2.94 bits per heavy atom. The average Bonchev–Trinajstić information content (AvgIpc) is 2.72. The highest BCUT2D eigenvalue weighted by Crippen LogP contribution is 2.20. The molecule has 2 rings (SSSR count). The van der Waals surface area contributed by atoms with Gasteiger partial charge in [0.25, 0.3) is 5.91 Å². The lowest BCUT2D eigenvalue weighted by molar-refractivity contribution is 0.0907. The number of hydrogen-bond donors (Lipinski definition) is 2. The predicted octanol–water partition coefficient (Wildman–Crippen LogP) is 1.73. The molecule has 2 atom stereocenters. The predicted molar refractivity (Wildman–Crippen MR) is 71.4 cm³/mol. The van der Waals surface area contributed by atoms with Crippen LogP contribution in [0.3, 0.4) is 0 Å². The fraction of sp³-hybridized carbons (Fsp3) is 0.500. The fourth-order valence-electron chi connectivity index (χ4n) is 2.36. The molecule has 0 radical (unpaired) electrons. The van der Waals surface area contributed by atoms with E-state index in [1.54, 1.807) is 6.07 Å². The first-order valence-corrected chi connectivity index (χ1v) is 6.34. The van der Waals surface area contributed by atoms with E-state index in [1.807, 2.05) is 26.0 Å². The van der Waals surface area contributed by atoms with Crippen molar-refractivity contribution in [3.8, 4) is 0 Å². The molecule has 3 N–H and O–H groups in total. The number of aryl methyl sites for hydroxylation is 1. The Hall–Kier alpha value is -1.55. The molecular weight excluding hydrogens is 228 g/mol. The lowest BCUT2D eigenvalue weighted by atomic mass is 10.0. The summed E-state index contributed by atoms with van der Waals surface area (Å²) in [7, 11) is 0. The second-order valence-corrected chi connectivity index (χ2v) is 4.87. The zero-order valence-electron chi connectivity index (χ0n) is 10.9. The second-order valence-electron chi connectivity index (χ2n) is 4.87. The van der Waals surface area contributed by atoms with Crippen LogP contribution in [0.5, 0.6) is 0 Å². The topological polar surface area (TPSA) is 64.4 Å². The Morgan fingerprint density at radius 1 is 1.56 bits per heavy atom. The summed E-state index contributed by atoms with van der Waals surface area (Å²) >= 11 is 0. The number of benzene rings is 1. The Morgan fingerprint density at radius 2 is 2.33 bits per heavy atom. The molecule has 1 fully saturated rings. The molecular formula is C14H20N2O2. The molecule has 98 valence electrons. The highest BCUT2D eigenvalue weighted by Gasteiger charge is 2.25. The summed E-state index contributed by atoms with van der Waals surface area (Å²) in [5.41, 5.74) is 7.87. The standard InChI is InChI=1S/C14H20N2O2/c1-9-4-3-5-12(15)13(9)14(17)16-8-11-6-7-18-10(11)2/h3-5,10-11H,6-8,15H2,1-2H3,(H,16,17). The highest BCUT2D eigenvalue weighted by molar-refractivity contribution is 6.00. The summed E-state index contributed by atoms with van der Waals surface area (Å²) in [6.07, 6.45) is 1.23. The van der Waals surface area contributed by atoms with Gasteiger partial charge >= 0.3 is 0 Å². The van der Waals surface area contributed by atoms with Crippen LogP contribution in [0.4, 0.5) is 5.69 Å². The SMILES string of the molecule is Cc1cccc(N)c1C(=O)NCC1CCOC1C. The van der Waals surface area contributed by atoms with Gasteiger partial charge in [-0.05, 0) is 31.9 Å². The number of anilines is 1. The van der Waals surface area contributed by atoms with Crippen molar-refractivity contribution < 1.29 is 9.53 Å². The number of amides is 1. The van der Waals surface area contributed by atoms with Crippen LogP contribution in [-0.2, 0) is 4.74 Å². The van der Waals surface area contributed by atoms with E-state index in [-0.39, 0.29) is 12.0 Å². The molecule has 1 aromatic carbocycles. The number of carbonyl (C=O) groups excluding carboxylic acids is 1. The number of nitrogens with one attached hydrogen (secondary N) is 1. The third-order valence-corrected chi connectivity index (χ3v) is 3.59. The lowest BCUT2D eigenvalue weighted by Crippen LogP contribution is -2.32. The smallest absolute Gasteiger partial charge is 0.253 e. The zero-order chi connectivity index (χ0) is 13.1. The second kappa shape index (κ2) is 5.40. The number of nitrogen functional groups attached to an aromatic ring is 1. The molecule has 18 heavy (non-hydrogen) atoms. The maximum Gasteiger partial charge on any atom is 0.253 e. The van der Waals surface area contributed by atoms with E-state index in [2.05, 4.69) is 5.32 Å². The molecule has 0 bridgehead atoms. The lowest BCUT2D eigenvalue weighted by Gasteiger charge is -2.16. The normalized spacial score (nSPS) is 23.0. The molecule has 1 saturated heterocycles. The van der Waals surface area contributed by atoms with Crippen LogP contribution in [0.1, 0.15) is 29.3 Å². The van der Waals surface area contributed by atoms with Gasteiger partial charge in [0, 0.05) is 24.8 Å². The third-order valence-electron chi connectivity index (χ3n) is 3.59. The maximum absolute atomic E-state index is 12.1. The summed E-state index contributed by atoms with van der Waals surface area (Å²) in [5, 5.41) is 2.95. The van der Waals surface area contributed by atoms with Gasteiger partial charge in [-0.1, -0.05) is 12.1 Å².